The quantitative estimate of drug-likeness (QED) is 0.384. The van der Waals surface area contributed by atoms with E-state index in [4.69, 9.17) is 20.9 Å². The van der Waals surface area contributed by atoms with Crippen LogP contribution < -0.4 is 21.5 Å². The number of ether oxygens (including phenoxy) is 2. The van der Waals surface area contributed by atoms with E-state index in [1.165, 1.54) is 0 Å². The maximum absolute atomic E-state index is 12.7. The number of hydrogen-bond acceptors (Lipinski definition) is 5. The molecule has 0 aromatic heterocycles. The van der Waals surface area contributed by atoms with Crippen LogP contribution in [0, 0.1) is 5.92 Å². The summed E-state index contributed by atoms with van der Waals surface area (Å²) in [4.78, 5) is 28.8. The Morgan fingerprint density at radius 3 is 2.52 bits per heavy atom. The Hall–Kier alpha value is -3.55. The van der Waals surface area contributed by atoms with Gasteiger partial charge in [0.1, 0.15) is 11.4 Å². The molecule has 164 valence electrons. The van der Waals surface area contributed by atoms with Crippen molar-refractivity contribution in [2.45, 2.75) is 39.2 Å². The number of amides is 1. The predicted molar refractivity (Wildman–Crippen MR) is 119 cm³/mol. The maximum atomic E-state index is 12.7. The molecular weight excluding hydrogens is 396 g/mol. The average Bonchev–Trinajstić information content (AvgIpc) is 2.67. The van der Waals surface area contributed by atoms with Gasteiger partial charge in [0, 0.05) is 17.2 Å². The Kier molecular flexibility index (Phi) is 6.48. The molecule has 1 aliphatic rings. The molecule has 0 aliphatic carbocycles. The first-order valence-electron chi connectivity index (χ1n) is 10.1. The van der Waals surface area contributed by atoms with Gasteiger partial charge in [0.25, 0.3) is 5.91 Å². The molecule has 1 atom stereocenters. The number of esters is 1. The number of aliphatic imine (C=N–C) groups is 1. The van der Waals surface area contributed by atoms with E-state index in [2.05, 4.69) is 10.3 Å². The van der Waals surface area contributed by atoms with Gasteiger partial charge in [-0.3, -0.25) is 9.59 Å². The minimum atomic E-state index is -0.517. The molecular formula is C23H28N4O4. The zero-order valence-electron chi connectivity index (χ0n) is 18.0. The predicted octanol–water partition coefficient (Wildman–Crippen LogP) is 3.13. The monoisotopic (exact) mass is 424 g/mol. The highest BCUT2D eigenvalue weighted by molar-refractivity contribution is 6.04. The standard InChI is InChI=1S/C23H28N4O4/c1-23(2,3)31-20(28)11-14-10-16-12-15(4-9-19(16)30-13-14)21(29)26-17-5-7-18(8-6-17)27-22(24)25/h4-9,12,14H,10-11,13H2,1-3H3,(H,26,29)(H4,24,25,27). The van der Waals surface area contributed by atoms with Crippen LogP contribution in [-0.2, 0) is 16.0 Å². The lowest BCUT2D eigenvalue weighted by Gasteiger charge is -2.26. The van der Waals surface area contributed by atoms with Crippen molar-refractivity contribution in [1.29, 1.82) is 0 Å². The van der Waals surface area contributed by atoms with Crippen LogP contribution in [0.2, 0.25) is 0 Å². The van der Waals surface area contributed by atoms with Gasteiger partial charge < -0.3 is 26.3 Å². The second-order valence-corrected chi connectivity index (χ2v) is 8.53. The number of nitrogens with zero attached hydrogens (tertiary/aromatic N) is 1. The minimum absolute atomic E-state index is 0.00346. The lowest BCUT2D eigenvalue weighted by molar-refractivity contribution is -0.156. The number of benzene rings is 2. The summed E-state index contributed by atoms with van der Waals surface area (Å²) in [5.41, 5.74) is 12.8. The fraction of sp³-hybridized carbons (Fsp3) is 0.348. The Morgan fingerprint density at radius 2 is 1.87 bits per heavy atom. The van der Waals surface area contributed by atoms with Gasteiger partial charge in [0.2, 0.25) is 0 Å². The number of nitrogens with one attached hydrogen (secondary N) is 1. The van der Waals surface area contributed by atoms with Crippen LogP contribution in [0.1, 0.15) is 43.1 Å². The Bertz CT molecular complexity index is 990. The van der Waals surface area contributed by atoms with E-state index in [1.54, 1.807) is 42.5 Å². The van der Waals surface area contributed by atoms with E-state index in [1.807, 2.05) is 20.8 Å². The molecule has 0 fully saturated rings. The van der Waals surface area contributed by atoms with Gasteiger partial charge in [-0.25, -0.2) is 4.99 Å². The highest BCUT2D eigenvalue weighted by atomic mass is 16.6. The van der Waals surface area contributed by atoms with Gasteiger partial charge in [-0.05, 0) is 75.2 Å². The third-order valence-corrected chi connectivity index (χ3v) is 4.56. The summed E-state index contributed by atoms with van der Waals surface area (Å²) in [5, 5.41) is 2.85. The summed E-state index contributed by atoms with van der Waals surface area (Å²) in [7, 11) is 0. The topological polar surface area (TPSA) is 129 Å². The summed E-state index contributed by atoms with van der Waals surface area (Å²) in [6.45, 7) is 5.98. The van der Waals surface area contributed by atoms with Gasteiger partial charge in [0.05, 0.1) is 18.7 Å². The molecule has 2 aromatic carbocycles. The number of fused-ring (bicyclic) bond motifs is 1. The van der Waals surface area contributed by atoms with Crippen LogP contribution in [-0.4, -0.2) is 30.0 Å². The fourth-order valence-corrected chi connectivity index (χ4v) is 3.32. The van der Waals surface area contributed by atoms with Gasteiger partial charge >= 0.3 is 5.97 Å². The van der Waals surface area contributed by atoms with Crippen LogP contribution in [0.3, 0.4) is 0 Å². The molecule has 0 spiro atoms. The molecule has 1 amide bonds. The van der Waals surface area contributed by atoms with Crippen LogP contribution in [0.5, 0.6) is 5.75 Å². The van der Waals surface area contributed by atoms with E-state index < -0.39 is 5.60 Å². The third kappa shape index (κ3) is 6.47. The first-order valence-corrected chi connectivity index (χ1v) is 10.1. The van der Waals surface area contributed by atoms with E-state index in [0.29, 0.717) is 30.0 Å². The zero-order valence-corrected chi connectivity index (χ0v) is 18.0. The summed E-state index contributed by atoms with van der Waals surface area (Å²) in [6, 6.07) is 12.2. The Morgan fingerprint density at radius 1 is 1.16 bits per heavy atom. The largest absolute Gasteiger partial charge is 0.493 e. The minimum Gasteiger partial charge on any atom is -0.493 e. The van der Waals surface area contributed by atoms with Crippen molar-refractivity contribution in [2.75, 3.05) is 11.9 Å². The van der Waals surface area contributed by atoms with Crippen molar-refractivity contribution in [3.8, 4) is 5.75 Å². The molecule has 0 radical (unpaired) electrons. The van der Waals surface area contributed by atoms with Crippen LogP contribution in [0.4, 0.5) is 11.4 Å². The van der Waals surface area contributed by atoms with Crippen molar-refractivity contribution >= 4 is 29.2 Å². The van der Waals surface area contributed by atoms with Crippen LogP contribution >= 0.6 is 0 Å². The fourth-order valence-electron chi connectivity index (χ4n) is 3.32. The molecule has 1 aliphatic heterocycles. The number of carbonyl (C=O) groups is 2. The van der Waals surface area contributed by atoms with Crippen molar-refractivity contribution in [3.63, 3.8) is 0 Å². The molecule has 2 aromatic rings. The molecule has 5 N–H and O–H groups in total. The van der Waals surface area contributed by atoms with Crippen molar-refractivity contribution in [3.05, 3.63) is 53.6 Å². The molecule has 1 unspecified atom stereocenters. The normalized spacial score (nSPS) is 15.3. The molecule has 8 heteroatoms. The molecule has 0 saturated heterocycles. The Labute approximate surface area is 181 Å². The number of guanidine groups is 1. The zero-order chi connectivity index (χ0) is 22.6. The first-order chi connectivity index (χ1) is 14.6. The third-order valence-electron chi connectivity index (χ3n) is 4.56. The number of carbonyl (C=O) groups excluding carboxylic acids is 2. The van der Waals surface area contributed by atoms with E-state index in [0.717, 1.165) is 11.3 Å². The molecule has 0 saturated carbocycles. The summed E-state index contributed by atoms with van der Waals surface area (Å²) >= 11 is 0. The van der Waals surface area contributed by atoms with Crippen molar-refractivity contribution in [1.82, 2.24) is 0 Å². The maximum Gasteiger partial charge on any atom is 0.306 e. The number of anilines is 1. The second kappa shape index (κ2) is 9.07. The Balaban J connectivity index is 1.65. The lowest BCUT2D eigenvalue weighted by atomic mass is 9.92. The van der Waals surface area contributed by atoms with Gasteiger partial charge in [-0.2, -0.15) is 0 Å². The second-order valence-electron chi connectivity index (χ2n) is 8.53. The van der Waals surface area contributed by atoms with E-state index in [-0.39, 0.29) is 30.2 Å². The number of hydrogen-bond donors (Lipinski definition) is 3. The van der Waals surface area contributed by atoms with Gasteiger partial charge in [-0.1, -0.05) is 0 Å². The smallest absolute Gasteiger partial charge is 0.306 e. The molecule has 0 bridgehead atoms. The summed E-state index contributed by atoms with van der Waals surface area (Å²) in [6.07, 6.45) is 0.915. The van der Waals surface area contributed by atoms with Crippen molar-refractivity contribution < 1.29 is 19.1 Å². The lowest BCUT2D eigenvalue weighted by Crippen LogP contribution is -2.29. The molecule has 1 heterocycles. The highest BCUT2D eigenvalue weighted by Gasteiger charge is 2.26. The first kappa shape index (κ1) is 22.1. The molecule has 3 rings (SSSR count). The summed E-state index contributed by atoms with van der Waals surface area (Å²) in [5.74, 6) is 0.217. The number of rotatable bonds is 5. The van der Waals surface area contributed by atoms with E-state index >= 15 is 0 Å². The van der Waals surface area contributed by atoms with E-state index in [9.17, 15) is 9.59 Å². The molecule has 8 nitrogen and oxygen atoms in total. The number of nitrogens with two attached hydrogens (primary N) is 2. The highest BCUT2D eigenvalue weighted by Crippen LogP contribution is 2.30. The average molecular weight is 425 g/mol. The SMILES string of the molecule is CC(C)(C)OC(=O)CC1COc2ccc(C(=O)Nc3ccc(N=C(N)N)cc3)cc2C1. The van der Waals surface area contributed by atoms with Gasteiger partial charge in [0.15, 0.2) is 5.96 Å². The van der Waals surface area contributed by atoms with Crippen molar-refractivity contribution in [2.24, 2.45) is 22.4 Å². The van der Waals surface area contributed by atoms with Crippen LogP contribution in [0.25, 0.3) is 0 Å². The van der Waals surface area contributed by atoms with Crippen LogP contribution in [0.15, 0.2) is 47.5 Å². The molecule has 31 heavy (non-hydrogen) atoms. The van der Waals surface area contributed by atoms with Gasteiger partial charge in [-0.15, -0.1) is 0 Å². The summed E-state index contributed by atoms with van der Waals surface area (Å²) < 4.78 is 11.2.